The second-order valence-corrected chi connectivity index (χ2v) is 4.83. The molecule has 0 bridgehead atoms. The van der Waals surface area contributed by atoms with Crippen molar-refractivity contribution in [3.63, 3.8) is 0 Å². The molecule has 0 atom stereocenters. The van der Waals surface area contributed by atoms with Crippen molar-refractivity contribution in [2.75, 3.05) is 12.4 Å². The van der Waals surface area contributed by atoms with Crippen molar-refractivity contribution < 1.29 is 4.74 Å². The molecule has 1 aliphatic rings. The average molecular weight is 255 g/mol. The molecule has 2 aromatic rings. The molecule has 1 N–H and O–H groups in total. The molecular formula is C15H17N3O. The normalized spacial score (nSPS) is 21.7. The van der Waals surface area contributed by atoms with Crippen LogP contribution in [-0.2, 0) is 4.74 Å². The third kappa shape index (κ3) is 2.74. The predicted octanol–water partition coefficient (Wildman–Crippen LogP) is 2.73. The van der Waals surface area contributed by atoms with Crippen LogP contribution >= 0.6 is 0 Å². The zero-order valence-corrected chi connectivity index (χ0v) is 10.9. The Morgan fingerprint density at radius 1 is 1.11 bits per heavy atom. The molecule has 1 heterocycles. The molecule has 98 valence electrons. The van der Waals surface area contributed by atoms with E-state index >= 15 is 0 Å². The summed E-state index contributed by atoms with van der Waals surface area (Å²) in [5, 5.41) is 3.42. The Labute approximate surface area is 112 Å². The van der Waals surface area contributed by atoms with Gasteiger partial charge in [-0.05, 0) is 12.8 Å². The molecule has 1 aromatic heterocycles. The van der Waals surface area contributed by atoms with Gasteiger partial charge in [0, 0.05) is 18.7 Å². The first-order chi connectivity index (χ1) is 9.35. The third-order valence-corrected chi connectivity index (χ3v) is 3.48. The van der Waals surface area contributed by atoms with Gasteiger partial charge in [-0.3, -0.25) is 0 Å². The smallest absolute Gasteiger partial charge is 0.159 e. The van der Waals surface area contributed by atoms with Crippen molar-refractivity contribution in [3.8, 4) is 11.4 Å². The highest BCUT2D eigenvalue weighted by atomic mass is 16.5. The molecule has 0 amide bonds. The molecule has 1 saturated carbocycles. The number of rotatable bonds is 4. The number of hydrogen-bond acceptors (Lipinski definition) is 4. The summed E-state index contributed by atoms with van der Waals surface area (Å²) in [6.45, 7) is 0. The molecule has 3 rings (SSSR count). The average Bonchev–Trinajstić information content (AvgIpc) is 2.44. The van der Waals surface area contributed by atoms with Crippen molar-refractivity contribution >= 4 is 5.69 Å². The molecule has 0 unspecified atom stereocenters. The van der Waals surface area contributed by atoms with Crippen molar-refractivity contribution in [2.45, 2.75) is 25.0 Å². The van der Waals surface area contributed by atoms with E-state index in [2.05, 4.69) is 15.3 Å². The summed E-state index contributed by atoms with van der Waals surface area (Å²) in [6, 6.07) is 10.5. The van der Waals surface area contributed by atoms with Crippen molar-refractivity contribution in [2.24, 2.45) is 0 Å². The number of ether oxygens (including phenoxy) is 1. The number of aromatic nitrogens is 2. The summed E-state index contributed by atoms with van der Waals surface area (Å²) >= 11 is 0. The van der Waals surface area contributed by atoms with Crippen molar-refractivity contribution in [3.05, 3.63) is 42.7 Å². The molecule has 1 fully saturated rings. The summed E-state index contributed by atoms with van der Waals surface area (Å²) < 4.78 is 5.26. The molecule has 0 saturated heterocycles. The van der Waals surface area contributed by atoms with Gasteiger partial charge < -0.3 is 10.1 Å². The quantitative estimate of drug-likeness (QED) is 0.912. The predicted molar refractivity (Wildman–Crippen MR) is 74.9 cm³/mol. The SMILES string of the molecule is COC1CC(Nc2cnc(-c3ccccc3)nc2)C1. The minimum absolute atomic E-state index is 0.405. The number of nitrogens with one attached hydrogen (secondary N) is 1. The summed E-state index contributed by atoms with van der Waals surface area (Å²) in [7, 11) is 1.76. The van der Waals surface area contributed by atoms with E-state index < -0.39 is 0 Å². The molecule has 0 spiro atoms. The van der Waals surface area contributed by atoms with Gasteiger partial charge in [-0.25, -0.2) is 9.97 Å². The Balaban J connectivity index is 1.63. The maximum absolute atomic E-state index is 5.26. The largest absolute Gasteiger partial charge is 0.381 e. The van der Waals surface area contributed by atoms with E-state index in [9.17, 15) is 0 Å². The van der Waals surface area contributed by atoms with Gasteiger partial charge in [0.1, 0.15) is 0 Å². The Morgan fingerprint density at radius 3 is 2.42 bits per heavy atom. The zero-order chi connectivity index (χ0) is 13.1. The van der Waals surface area contributed by atoms with Crippen LogP contribution in [0.5, 0.6) is 0 Å². The first kappa shape index (κ1) is 12.1. The van der Waals surface area contributed by atoms with E-state index in [0.29, 0.717) is 12.1 Å². The fraction of sp³-hybridized carbons (Fsp3) is 0.333. The van der Waals surface area contributed by atoms with Gasteiger partial charge in [0.05, 0.1) is 24.2 Å². The minimum Gasteiger partial charge on any atom is -0.381 e. The van der Waals surface area contributed by atoms with E-state index in [1.807, 2.05) is 42.7 Å². The number of benzene rings is 1. The lowest BCUT2D eigenvalue weighted by Gasteiger charge is -2.35. The zero-order valence-electron chi connectivity index (χ0n) is 10.9. The first-order valence-electron chi connectivity index (χ1n) is 6.52. The van der Waals surface area contributed by atoms with Gasteiger partial charge in [0.2, 0.25) is 0 Å². The van der Waals surface area contributed by atoms with Gasteiger partial charge in [-0.1, -0.05) is 30.3 Å². The number of anilines is 1. The lowest BCUT2D eigenvalue weighted by atomic mass is 9.89. The molecular weight excluding hydrogens is 238 g/mol. The highest BCUT2D eigenvalue weighted by Crippen LogP contribution is 2.26. The van der Waals surface area contributed by atoms with Gasteiger partial charge in [0.15, 0.2) is 5.82 Å². The Morgan fingerprint density at radius 2 is 1.79 bits per heavy atom. The second-order valence-electron chi connectivity index (χ2n) is 4.83. The van der Waals surface area contributed by atoms with Crippen molar-refractivity contribution in [1.29, 1.82) is 0 Å². The van der Waals surface area contributed by atoms with E-state index in [1.54, 1.807) is 7.11 Å². The maximum Gasteiger partial charge on any atom is 0.159 e. The monoisotopic (exact) mass is 255 g/mol. The van der Waals surface area contributed by atoms with E-state index in [0.717, 1.165) is 29.9 Å². The third-order valence-electron chi connectivity index (χ3n) is 3.48. The van der Waals surface area contributed by atoms with Crippen LogP contribution in [0.15, 0.2) is 42.7 Å². The maximum atomic E-state index is 5.26. The lowest BCUT2D eigenvalue weighted by molar-refractivity contribution is 0.0328. The molecule has 4 heteroatoms. The highest BCUT2D eigenvalue weighted by Gasteiger charge is 2.28. The molecule has 19 heavy (non-hydrogen) atoms. The van der Waals surface area contributed by atoms with Crippen LogP contribution in [0, 0.1) is 0 Å². The first-order valence-corrected chi connectivity index (χ1v) is 6.52. The van der Waals surface area contributed by atoms with Crippen LogP contribution in [-0.4, -0.2) is 29.2 Å². The van der Waals surface area contributed by atoms with Crippen LogP contribution in [0.25, 0.3) is 11.4 Å². The minimum atomic E-state index is 0.405. The summed E-state index contributed by atoms with van der Waals surface area (Å²) in [5.41, 5.74) is 2.01. The second kappa shape index (κ2) is 5.36. The number of methoxy groups -OCH3 is 1. The highest BCUT2D eigenvalue weighted by molar-refractivity contribution is 5.55. The van der Waals surface area contributed by atoms with Crippen LogP contribution < -0.4 is 5.32 Å². The van der Waals surface area contributed by atoms with Crippen LogP contribution in [0.4, 0.5) is 5.69 Å². The van der Waals surface area contributed by atoms with Gasteiger partial charge >= 0.3 is 0 Å². The van der Waals surface area contributed by atoms with Gasteiger partial charge in [-0.15, -0.1) is 0 Å². The molecule has 4 nitrogen and oxygen atoms in total. The molecule has 1 aromatic carbocycles. The fourth-order valence-corrected chi connectivity index (χ4v) is 2.25. The Kier molecular flexibility index (Phi) is 3.42. The summed E-state index contributed by atoms with van der Waals surface area (Å²) in [4.78, 5) is 8.79. The Hall–Kier alpha value is -1.94. The summed E-state index contributed by atoms with van der Waals surface area (Å²) in [6.07, 6.45) is 6.20. The molecule has 0 aliphatic heterocycles. The fourth-order valence-electron chi connectivity index (χ4n) is 2.25. The van der Waals surface area contributed by atoms with Crippen LogP contribution in [0.2, 0.25) is 0 Å². The lowest BCUT2D eigenvalue weighted by Crippen LogP contribution is -2.40. The number of nitrogens with zero attached hydrogens (tertiary/aromatic N) is 2. The number of hydrogen-bond donors (Lipinski definition) is 1. The topological polar surface area (TPSA) is 47.0 Å². The molecule has 1 aliphatic carbocycles. The molecule has 0 radical (unpaired) electrons. The Bertz CT molecular complexity index is 521. The van der Waals surface area contributed by atoms with E-state index in [4.69, 9.17) is 4.74 Å². The van der Waals surface area contributed by atoms with E-state index in [1.165, 1.54) is 0 Å². The van der Waals surface area contributed by atoms with Crippen LogP contribution in [0.1, 0.15) is 12.8 Å². The van der Waals surface area contributed by atoms with Crippen LogP contribution in [0.3, 0.4) is 0 Å². The van der Waals surface area contributed by atoms with E-state index in [-0.39, 0.29) is 0 Å². The standard InChI is InChI=1S/C15H17N3O/c1-19-14-7-12(8-14)18-13-9-16-15(17-10-13)11-5-3-2-4-6-11/h2-6,9-10,12,14,18H,7-8H2,1H3. The van der Waals surface area contributed by atoms with Crippen molar-refractivity contribution in [1.82, 2.24) is 9.97 Å². The van der Waals surface area contributed by atoms with Gasteiger partial charge in [-0.2, -0.15) is 0 Å². The van der Waals surface area contributed by atoms with Gasteiger partial charge in [0.25, 0.3) is 0 Å². The summed E-state index contributed by atoms with van der Waals surface area (Å²) in [5.74, 6) is 0.759.